The maximum absolute atomic E-state index is 13.3. The summed E-state index contributed by atoms with van der Waals surface area (Å²) in [5.41, 5.74) is 2.25. The Morgan fingerprint density at radius 2 is 1.88 bits per heavy atom. The van der Waals surface area contributed by atoms with E-state index in [2.05, 4.69) is 34.3 Å². The van der Waals surface area contributed by atoms with Gasteiger partial charge in [-0.25, -0.2) is 17.4 Å². The van der Waals surface area contributed by atoms with E-state index >= 15 is 0 Å². The third-order valence-corrected chi connectivity index (χ3v) is 8.28. The van der Waals surface area contributed by atoms with Gasteiger partial charge in [0, 0.05) is 25.1 Å². The molecule has 3 heterocycles. The molecule has 2 atom stereocenters. The molecule has 3 aromatic heterocycles. The Morgan fingerprint density at radius 1 is 1.16 bits per heavy atom. The van der Waals surface area contributed by atoms with E-state index in [1.165, 1.54) is 23.3 Å². The molecule has 166 valence electrons. The minimum Gasteiger partial charge on any atom is -0.353 e. The summed E-state index contributed by atoms with van der Waals surface area (Å²) in [4.78, 5) is 16.1. The highest BCUT2D eigenvalue weighted by atomic mass is 32.2. The van der Waals surface area contributed by atoms with Crippen LogP contribution in [0.2, 0.25) is 0 Å². The maximum atomic E-state index is 13.3. The molecule has 32 heavy (non-hydrogen) atoms. The van der Waals surface area contributed by atoms with Crippen molar-refractivity contribution in [3.05, 3.63) is 54.1 Å². The van der Waals surface area contributed by atoms with Crippen molar-refractivity contribution in [1.29, 1.82) is 0 Å². The van der Waals surface area contributed by atoms with Crippen LogP contribution in [0.25, 0.3) is 16.8 Å². The number of fused-ring (bicyclic) bond motifs is 3. The second kappa shape index (κ2) is 6.86. The van der Waals surface area contributed by atoms with Gasteiger partial charge in [0.25, 0.3) is 10.0 Å². The Hall–Kier alpha value is -3.27. The van der Waals surface area contributed by atoms with E-state index in [1.54, 1.807) is 30.3 Å². The Morgan fingerprint density at radius 3 is 2.53 bits per heavy atom. The number of rotatable bonds is 4. The summed E-state index contributed by atoms with van der Waals surface area (Å²) in [6.45, 7) is 7.61. The average Bonchev–Trinajstić information content (AvgIpc) is 3.35. The first-order valence-corrected chi connectivity index (χ1v) is 11.8. The van der Waals surface area contributed by atoms with Gasteiger partial charge < -0.3 is 5.32 Å². The zero-order valence-electron chi connectivity index (χ0n) is 18.3. The molecule has 0 bridgehead atoms. The van der Waals surface area contributed by atoms with E-state index in [1.807, 2.05) is 11.3 Å². The van der Waals surface area contributed by atoms with Crippen molar-refractivity contribution in [2.24, 2.45) is 5.41 Å². The van der Waals surface area contributed by atoms with Crippen molar-refractivity contribution in [3.63, 3.8) is 0 Å². The fourth-order valence-electron chi connectivity index (χ4n) is 4.55. The molecule has 5 rings (SSSR count). The Labute approximate surface area is 185 Å². The molecule has 1 amide bonds. The molecule has 0 unspecified atom stereocenters. The summed E-state index contributed by atoms with van der Waals surface area (Å²) in [7, 11) is -3.81. The summed E-state index contributed by atoms with van der Waals surface area (Å²) in [6, 6.07) is 8.50. The van der Waals surface area contributed by atoms with Crippen LogP contribution >= 0.6 is 0 Å². The van der Waals surface area contributed by atoms with Gasteiger partial charge in [0.15, 0.2) is 11.3 Å². The standard InChI is InChI=1S/C22H24N6O3S/c1-13-5-7-15(8-6-13)32(30,31)27-10-9-17-21(27)23-12-19-25-26-20(28(17)19)16-11-18(22(16,3)4)24-14(2)29/h5-10,12,16,18H,11H2,1-4H3,(H,24,29)/t16-,18-/m1/s1. The van der Waals surface area contributed by atoms with E-state index in [-0.39, 0.29) is 28.2 Å². The van der Waals surface area contributed by atoms with Crippen LogP contribution in [0, 0.1) is 12.3 Å². The zero-order chi connectivity index (χ0) is 22.8. The molecule has 1 aliphatic carbocycles. The molecule has 10 heteroatoms. The number of carbonyl (C=O) groups is 1. The Bertz CT molecular complexity index is 1470. The monoisotopic (exact) mass is 452 g/mol. The van der Waals surface area contributed by atoms with Crippen molar-refractivity contribution in [2.45, 2.75) is 51.0 Å². The van der Waals surface area contributed by atoms with Crippen molar-refractivity contribution >= 4 is 32.7 Å². The molecule has 1 fully saturated rings. The van der Waals surface area contributed by atoms with Crippen LogP contribution in [0.15, 0.2) is 47.6 Å². The minimum atomic E-state index is -3.81. The first kappa shape index (κ1) is 20.6. The second-order valence-electron chi connectivity index (χ2n) is 9.01. The highest BCUT2D eigenvalue weighted by molar-refractivity contribution is 7.90. The lowest BCUT2D eigenvalue weighted by molar-refractivity contribution is -0.122. The third-order valence-electron chi connectivity index (χ3n) is 6.60. The number of benzene rings is 1. The number of hydrogen-bond acceptors (Lipinski definition) is 6. The predicted octanol–water partition coefficient (Wildman–Crippen LogP) is 2.64. The highest BCUT2D eigenvalue weighted by Crippen LogP contribution is 2.52. The molecule has 1 saturated carbocycles. The largest absolute Gasteiger partial charge is 0.353 e. The Balaban J connectivity index is 1.62. The molecule has 0 spiro atoms. The van der Waals surface area contributed by atoms with Crippen LogP contribution in [0.3, 0.4) is 0 Å². The molecule has 9 nitrogen and oxygen atoms in total. The minimum absolute atomic E-state index is 0.0428. The molecule has 1 aliphatic rings. The van der Waals surface area contributed by atoms with Gasteiger partial charge >= 0.3 is 0 Å². The van der Waals surface area contributed by atoms with Crippen molar-refractivity contribution < 1.29 is 13.2 Å². The lowest BCUT2D eigenvalue weighted by atomic mass is 9.58. The molecule has 0 aliphatic heterocycles. The smallest absolute Gasteiger partial charge is 0.269 e. The van der Waals surface area contributed by atoms with E-state index < -0.39 is 10.0 Å². The van der Waals surface area contributed by atoms with Crippen LogP contribution in [0.4, 0.5) is 0 Å². The topological polar surface area (TPSA) is 111 Å². The summed E-state index contributed by atoms with van der Waals surface area (Å²) in [6.07, 6.45) is 3.79. The molecule has 0 radical (unpaired) electrons. The van der Waals surface area contributed by atoms with Crippen LogP contribution in [-0.2, 0) is 14.8 Å². The average molecular weight is 453 g/mol. The van der Waals surface area contributed by atoms with Gasteiger partial charge in [-0.2, -0.15) is 0 Å². The van der Waals surface area contributed by atoms with Crippen molar-refractivity contribution in [3.8, 4) is 0 Å². The summed E-state index contributed by atoms with van der Waals surface area (Å²) in [5, 5.41) is 11.7. The normalized spacial score (nSPS) is 20.4. The lowest BCUT2D eigenvalue weighted by Gasteiger charge is -2.51. The van der Waals surface area contributed by atoms with Crippen molar-refractivity contribution in [1.82, 2.24) is 28.9 Å². The van der Waals surface area contributed by atoms with Gasteiger partial charge in [-0.3, -0.25) is 9.20 Å². The van der Waals surface area contributed by atoms with Crippen molar-refractivity contribution in [2.75, 3.05) is 0 Å². The zero-order valence-corrected chi connectivity index (χ0v) is 19.1. The fraction of sp³-hybridized carbons (Fsp3) is 0.364. The number of carbonyl (C=O) groups excluding carboxylic acids is 1. The number of nitrogens with zero attached hydrogens (tertiary/aromatic N) is 5. The quantitative estimate of drug-likeness (QED) is 0.510. The van der Waals surface area contributed by atoms with Gasteiger partial charge in [-0.15, -0.1) is 10.2 Å². The highest BCUT2D eigenvalue weighted by Gasteiger charge is 2.51. The fourth-order valence-corrected chi connectivity index (χ4v) is 5.85. The first-order valence-electron chi connectivity index (χ1n) is 10.4. The number of amides is 1. The SMILES string of the molecule is CC(=O)N[C@@H]1C[C@H](c2nnc3cnc4c(ccn4S(=O)(=O)c4ccc(C)cc4)n23)C1(C)C. The molecule has 1 aromatic carbocycles. The Kier molecular flexibility index (Phi) is 4.42. The van der Waals surface area contributed by atoms with Crippen LogP contribution in [0.5, 0.6) is 0 Å². The number of nitrogens with one attached hydrogen (secondary N) is 1. The predicted molar refractivity (Wildman–Crippen MR) is 119 cm³/mol. The molecular weight excluding hydrogens is 428 g/mol. The van der Waals surface area contributed by atoms with Gasteiger partial charge in [-0.05, 0) is 37.0 Å². The van der Waals surface area contributed by atoms with Gasteiger partial charge in [0.05, 0.1) is 16.6 Å². The molecule has 4 aromatic rings. The summed E-state index contributed by atoms with van der Waals surface area (Å²) in [5.74, 6) is 0.735. The van der Waals surface area contributed by atoms with E-state index in [9.17, 15) is 13.2 Å². The van der Waals surface area contributed by atoms with Gasteiger partial charge in [0.2, 0.25) is 5.91 Å². The lowest BCUT2D eigenvalue weighted by Crippen LogP contribution is -2.57. The molecule has 0 saturated heterocycles. The summed E-state index contributed by atoms with van der Waals surface area (Å²) < 4.78 is 29.6. The molecule has 1 N–H and O–H groups in total. The summed E-state index contributed by atoms with van der Waals surface area (Å²) >= 11 is 0. The van der Waals surface area contributed by atoms with E-state index in [0.717, 1.165) is 17.8 Å². The van der Waals surface area contributed by atoms with E-state index in [0.29, 0.717) is 16.8 Å². The maximum Gasteiger partial charge on any atom is 0.269 e. The van der Waals surface area contributed by atoms with Gasteiger partial charge in [-0.1, -0.05) is 31.5 Å². The second-order valence-corrected chi connectivity index (χ2v) is 10.8. The number of hydrogen-bond donors (Lipinski definition) is 1. The van der Waals surface area contributed by atoms with Crippen LogP contribution < -0.4 is 5.32 Å². The van der Waals surface area contributed by atoms with Crippen LogP contribution in [-0.4, -0.2) is 43.9 Å². The number of aromatic nitrogens is 5. The third kappa shape index (κ3) is 2.93. The van der Waals surface area contributed by atoms with Gasteiger partial charge in [0.1, 0.15) is 5.82 Å². The van der Waals surface area contributed by atoms with E-state index in [4.69, 9.17) is 0 Å². The molecular formula is C22H24N6O3S. The van der Waals surface area contributed by atoms with Crippen LogP contribution in [0.1, 0.15) is 44.5 Å². The first-order chi connectivity index (χ1) is 15.1. The number of aryl methyl sites for hydroxylation is 1.